The summed E-state index contributed by atoms with van der Waals surface area (Å²) in [5.41, 5.74) is 1.98. The van der Waals surface area contributed by atoms with E-state index in [1.54, 1.807) is 78.9 Å². The van der Waals surface area contributed by atoms with Gasteiger partial charge in [0.15, 0.2) is 5.76 Å². The third-order valence-corrected chi connectivity index (χ3v) is 6.21. The monoisotopic (exact) mass is 523 g/mol. The summed E-state index contributed by atoms with van der Waals surface area (Å²) in [7, 11) is 1.33. The van der Waals surface area contributed by atoms with Crippen LogP contribution in [-0.2, 0) is 4.74 Å². The fourth-order valence-corrected chi connectivity index (χ4v) is 4.28. The first-order valence-corrected chi connectivity index (χ1v) is 11.9. The lowest BCUT2D eigenvalue weighted by atomic mass is 10.1. The first-order chi connectivity index (χ1) is 18.5. The maximum atomic E-state index is 13.4. The van der Waals surface area contributed by atoms with Crippen molar-refractivity contribution in [1.29, 1.82) is 0 Å². The van der Waals surface area contributed by atoms with Gasteiger partial charge in [0.2, 0.25) is 5.82 Å². The van der Waals surface area contributed by atoms with E-state index < -0.39 is 5.97 Å². The minimum atomic E-state index is -0.415. The summed E-state index contributed by atoms with van der Waals surface area (Å²) in [6.45, 7) is 0. The summed E-state index contributed by atoms with van der Waals surface area (Å²) in [5.74, 6) is 1.18. The molecule has 0 fully saturated rings. The Kier molecular flexibility index (Phi) is 5.86. The first kappa shape index (κ1) is 23.4. The second-order valence-electron chi connectivity index (χ2n) is 8.38. The molecular formula is C29H18ClN3O5. The molecule has 6 rings (SSSR count). The van der Waals surface area contributed by atoms with E-state index in [9.17, 15) is 9.59 Å². The van der Waals surface area contributed by atoms with Crippen LogP contribution < -0.4 is 5.56 Å². The quantitative estimate of drug-likeness (QED) is 0.192. The van der Waals surface area contributed by atoms with Gasteiger partial charge in [-0.15, -0.1) is 0 Å². The summed E-state index contributed by atoms with van der Waals surface area (Å²) in [6.07, 6.45) is 1.44. The molecule has 0 atom stereocenters. The molecule has 0 amide bonds. The maximum Gasteiger partial charge on any atom is 0.337 e. The van der Waals surface area contributed by atoms with Crippen LogP contribution in [-0.4, -0.2) is 29.0 Å². The lowest BCUT2D eigenvalue weighted by molar-refractivity contribution is 0.0600. The van der Waals surface area contributed by atoms with Crippen molar-refractivity contribution in [3.63, 3.8) is 0 Å². The number of hydrogen-bond donors (Lipinski definition) is 0. The molecule has 3 heterocycles. The molecule has 3 aromatic carbocycles. The minimum Gasteiger partial charge on any atom is -0.465 e. The van der Waals surface area contributed by atoms with Crippen molar-refractivity contribution >= 4 is 45.7 Å². The predicted molar refractivity (Wildman–Crippen MR) is 145 cm³/mol. The number of carbonyl (C=O) groups is 1. The Morgan fingerprint density at radius 1 is 0.974 bits per heavy atom. The molecule has 9 heteroatoms. The zero-order valence-electron chi connectivity index (χ0n) is 19.9. The van der Waals surface area contributed by atoms with E-state index in [0.717, 1.165) is 10.9 Å². The molecule has 0 aliphatic carbocycles. The molecule has 3 aromatic heterocycles. The highest BCUT2D eigenvalue weighted by molar-refractivity contribution is 6.31. The molecule has 0 aliphatic heterocycles. The molecule has 0 bridgehead atoms. The molecule has 0 aliphatic rings. The Morgan fingerprint density at radius 2 is 1.79 bits per heavy atom. The number of nitrogens with zero attached hydrogens (tertiary/aromatic N) is 3. The third-order valence-electron chi connectivity index (χ3n) is 5.97. The molecule has 6 aromatic rings. The summed E-state index contributed by atoms with van der Waals surface area (Å²) >= 11 is 6.13. The minimum absolute atomic E-state index is 0.238. The van der Waals surface area contributed by atoms with Gasteiger partial charge in [-0.1, -0.05) is 35.9 Å². The fraction of sp³-hybridized carbons (Fsp3) is 0.0345. The van der Waals surface area contributed by atoms with Gasteiger partial charge in [-0.2, -0.15) is 9.78 Å². The lowest BCUT2D eigenvalue weighted by Gasteiger charge is -2.06. The molecule has 0 spiro atoms. The lowest BCUT2D eigenvalue weighted by Crippen LogP contribution is -2.20. The number of rotatable bonds is 5. The van der Waals surface area contributed by atoms with Gasteiger partial charge in [-0.05, 0) is 60.7 Å². The van der Waals surface area contributed by atoms with E-state index >= 15 is 0 Å². The van der Waals surface area contributed by atoms with Gasteiger partial charge in [-0.25, -0.2) is 9.78 Å². The van der Waals surface area contributed by atoms with Gasteiger partial charge in [0.25, 0.3) is 5.56 Å². The number of benzene rings is 3. The van der Waals surface area contributed by atoms with Gasteiger partial charge in [0, 0.05) is 16.0 Å². The van der Waals surface area contributed by atoms with E-state index in [-0.39, 0.29) is 11.4 Å². The third kappa shape index (κ3) is 4.27. The number of para-hydroxylation sites is 1. The van der Waals surface area contributed by atoms with Gasteiger partial charge < -0.3 is 13.6 Å². The molecule has 0 radical (unpaired) electrons. The maximum absolute atomic E-state index is 13.4. The van der Waals surface area contributed by atoms with Crippen molar-refractivity contribution < 1.29 is 18.4 Å². The van der Waals surface area contributed by atoms with Crippen molar-refractivity contribution in [2.75, 3.05) is 7.11 Å². The van der Waals surface area contributed by atoms with Crippen LogP contribution in [0.2, 0.25) is 5.02 Å². The first-order valence-electron chi connectivity index (χ1n) is 11.5. The topological polar surface area (TPSA) is 99.8 Å². The van der Waals surface area contributed by atoms with Crippen molar-refractivity contribution in [1.82, 2.24) is 9.66 Å². The number of halogens is 1. The van der Waals surface area contributed by atoms with Crippen LogP contribution in [0, 0.1) is 0 Å². The Labute approximate surface area is 220 Å². The molecule has 8 nitrogen and oxygen atoms in total. The fourth-order valence-electron chi connectivity index (χ4n) is 4.10. The van der Waals surface area contributed by atoms with Gasteiger partial charge >= 0.3 is 5.97 Å². The highest BCUT2D eigenvalue weighted by Crippen LogP contribution is 2.29. The van der Waals surface area contributed by atoms with Gasteiger partial charge in [-0.3, -0.25) is 4.79 Å². The van der Waals surface area contributed by atoms with E-state index in [4.69, 9.17) is 25.2 Å². The van der Waals surface area contributed by atoms with Crippen molar-refractivity contribution in [3.8, 4) is 22.9 Å². The van der Waals surface area contributed by atoms with Crippen LogP contribution in [0.25, 0.3) is 44.8 Å². The molecule has 0 N–H and O–H groups in total. The number of hydrogen-bond acceptors (Lipinski definition) is 7. The Morgan fingerprint density at radius 3 is 2.61 bits per heavy atom. The number of furan rings is 2. The van der Waals surface area contributed by atoms with Crippen LogP contribution in [0.15, 0.2) is 104 Å². The van der Waals surface area contributed by atoms with Gasteiger partial charge in [0.05, 0.1) is 29.8 Å². The predicted octanol–water partition coefficient (Wildman–Crippen LogP) is 6.39. The van der Waals surface area contributed by atoms with Crippen LogP contribution in [0.3, 0.4) is 0 Å². The van der Waals surface area contributed by atoms with Crippen LogP contribution in [0.4, 0.5) is 0 Å². The zero-order valence-corrected chi connectivity index (χ0v) is 20.7. The Hall–Kier alpha value is -4.95. The average molecular weight is 524 g/mol. The highest BCUT2D eigenvalue weighted by Gasteiger charge is 2.17. The normalized spacial score (nSPS) is 11.5. The summed E-state index contributed by atoms with van der Waals surface area (Å²) in [5, 5.41) is 6.18. The van der Waals surface area contributed by atoms with Crippen LogP contribution in [0.1, 0.15) is 16.1 Å². The number of aromatic nitrogens is 2. The molecule has 0 saturated heterocycles. The zero-order chi connectivity index (χ0) is 26.2. The van der Waals surface area contributed by atoms with Crippen molar-refractivity contribution in [2.24, 2.45) is 5.10 Å². The summed E-state index contributed by atoms with van der Waals surface area (Å²) in [4.78, 5) is 29.8. The van der Waals surface area contributed by atoms with Crippen molar-refractivity contribution in [3.05, 3.63) is 112 Å². The van der Waals surface area contributed by atoms with E-state index in [1.165, 1.54) is 18.0 Å². The summed E-state index contributed by atoms with van der Waals surface area (Å²) in [6, 6.07) is 24.4. The second kappa shape index (κ2) is 9.49. The van der Waals surface area contributed by atoms with Crippen LogP contribution in [0.5, 0.6) is 0 Å². The molecule has 0 unspecified atom stereocenters. The molecule has 38 heavy (non-hydrogen) atoms. The number of ether oxygens (including phenoxy) is 1. The average Bonchev–Trinajstić information content (AvgIpc) is 3.59. The number of methoxy groups -OCH3 is 1. The van der Waals surface area contributed by atoms with E-state index in [2.05, 4.69) is 10.1 Å². The summed E-state index contributed by atoms with van der Waals surface area (Å²) < 4.78 is 17.8. The van der Waals surface area contributed by atoms with Crippen molar-refractivity contribution in [2.45, 2.75) is 0 Å². The van der Waals surface area contributed by atoms with Gasteiger partial charge in [0.1, 0.15) is 17.1 Å². The smallest absolute Gasteiger partial charge is 0.337 e. The van der Waals surface area contributed by atoms with E-state index in [1.807, 2.05) is 6.07 Å². The molecule has 186 valence electrons. The van der Waals surface area contributed by atoms with Crippen LogP contribution >= 0.6 is 11.6 Å². The Bertz CT molecular complexity index is 1920. The van der Waals surface area contributed by atoms with E-state index in [0.29, 0.717) is 44.4 Å². The number of fused-ring (bicyclic) bond motifs is 2. The second-order valence-corrected chi connectivity index (χ2v) is 8.81. The number of esters is 1. The molecule has 0 saturated carbocycles. The largest absolute Gasteiger partial charge is 0.465 e. The standard InChI is InChI=1S/C29H18ClN3O5/c1-36-29(35)18-8-6-17(7-9-18)24-13-11-21(37-24)16-31-33-27(32-23-5-3-2-4-22(23)28(33)34)26-15-19-14-20(30)10-12-25(19)38-26/h2-16H,1H3. The highest BCUT2D eigenvalue weighted by atomic mass is 35.5. The Balaban J connectivity index is 1.40. The molecular weight excluding hydrogens is 506 g/mol. The SMILES string of the molecule is COC(=O)c1ccc(-c2ccc(C=Nn3c(-c4cc5cc(Cl)ccc5o4)nc4ccccc4c3=O)o2)cc1. The number of carbonyl (C=O) groups excluding carboxylic acids is 1.